The van der Waals surface area contributed by atoms with Gasteiger partial charge in [0.2, 0.25) is 0 Å². The summed E-state index contributed by atoms with van der Waals surface area (Å²) in [6.45, 7) is 6.74. The van der Waals surface area contributed by atoms with Crippen LogP contribution < -0.4 is 4.74 Å². The van der Waals surface area contributed by atoms with Crippen LogP contribution in [-0.2, 0) is 11.2 Å². The van der Waals surface area contributed by atoms with Crippen molar-refractivity contribution in [2.75, 3.05) is 13.7 Å². The third-order valence-electron chi connectivity index (χ3n) is 3.75. The lowest BCUT2D eigenvalue weighted by molar-refractivity contribution is 0.0600. The van der Waals surface area contributed by atoms with E-state index in [0.717, 1.165) is 17.7 Å². The molecule has 2 aromatic rings. The predicted molar refractivity (Wildman–Crippen MR) is 111 cm³/mol. The Morgan fingerprint density at radius 3 is 2.48 bits per heavy atom. The molecule has 0 aliphatic carbocycles. The van der Waals surface area contributed by atoms with Crippen LogP contribution in [0.2, 0.25) is 0 Å². The molecule has 0 amide bonds. The molecule has 0 saturated carbocycles. The molecule has 3 heteroatoms. The molecule has 0 saturated heterocycles. The number of carbonyl (C=O) groups is 1. The van der Waals surface area contributed by atoms with E-state index in [1.807, 2.05) is 32.0 Å². The lowest BCUT2D eigenvalue weighted by Gasteiger charge is -2.05. The molecular formula is C24H30O3. The van der Waals surface area contributed by atoms with Gasteiger partial charge in [-0.2, -0.15) is 0 Å². The minimum Gasteiger partial charge on any atom is -0.493 e. The molecule has 0 bridgehead atoms. The molecule has 2 rings (SSSR count). The third kappa shape index (κ3) is 8.46. The van der Waals surface area contributed by atoms with Crippen molar-refractivity contribution in [3.63, 3.8) is 0 Å². The van der Waals surface area contributed by atoms with Gasteiger partial charge in [0, 0.05) is 12.0 Å². The molecule has 0 spiro atoms. The molecule has 0 atom stereocenters. The maximum Gasteiger partial charge on any atom is 0.337 e. The minimum atomic E-state index is -0.352. The summed E-state index contributed by atoms with van der Waals surface area (Å²) in [6.07, 6.45) is 4.17. The van der Waals surface area contributed by atoms with Gasteiger partial charge in [-0.15, -0.1) is 0 Å². The van der Waals surface area contributed by atoms with Crippen LogP contribution in [-0.4, -0.2) is 19.7 Å². The normalized spacial score (nSPS) is 9.33. The van der Waals surface area contributed by atoms with E-state index in [1.54, 1.807) is 18.2 Å². The molecule has 2 aromatic carbocycles. The van der Waals surface area contributed by atoms with Crippen molar-refractivity contribution in [1.82, 2.24) is 0 Å². The number of unbranched alkanes of at least 4 members (excludes halogenated alkanes) is 1. The van der Waals surface area contributed by atoms with Crippen LogP contribution in [0.25, 0.3) is 0 Å². The minimum absolute atomic E-state index is 0.352. The van der Waals surface area contributed by atoms with Gasteiger partial charge >= 0.3 is 5.97 Å². The number of hydrogen-bond donors (Lipinski definition) is 0. The summed E-state index contributed by atoms with van der Waals surface area (Å²) in [5.74, 6) is 6.63. The van der Waals surface area contributed by atoms with Gasteiger partial charge in [0.15, 0.2) is 0 Å². The standard InChI is InChI=1S/C22H24O3.C2H6/c1-3-4-8-18-12-14-21(15-13-18)25-16-6-5-9-19-10-7-11-20(17-19)22(23)24-2;1-2/h7,10-15,17H,3-4,6,8,16H2,1-2H3;1-2H3. The molecule has 0 fully saturated rings. The molecule has 3 nitrogen and oxygen atoms in total. The van der Waals surface area contributed by atoms with E-state index in [4.69, 9.17) is 9.47 Å². The first-order valence-electron chi connectivity index (χ1n) is 9.62. The highest BCUT2D eigenvalue weighted by Gasteiger charge is 2.04. The lowest BCUT2D eigenvalue weighted by atomic mass is 10.1. The topological polar surface area (TPSA) is 35.5 Å². The summed E-state index contributed by atoms with van der Waals surface area (Å²) in [4.78, 5) is 11.5. The van der Waals surface area contributed by atoms with Crippen LogP contribution in [0, 0.1) is 11.8 Å². The lowest BCUT2D eigenvalue weighted by Crippen LogP contribution is -2.00. The van der Waals surface area contributed by atoms with Gasteiger partial charge in [0.25, 0.3) is 0 Å². The molecule has 0 unspecified atom stereocenters. The second kappa shape index (κ2) is 13.5. The monoisotopic (exact) mass is 366 g/mol. The fourth-order valence-corrected chi connectivity index (χ4v) is 2.36. The van der Waals surface area contributed by atoms with Crippen LogP contribution in [0.15, 0.2) is 48.5 Å². The van der Waals surface area contributed by atoms with E-state index in [-0.39, 0.29) is 5.97 Å². The summed E-state index contributed by atoms with van der Waals surface area (Å²) < 4.78 is 10.4. The number of esters is 1. The van der Waals surface area contributed by atoms with Crippen molar-refractivity contribution in [2.24, 2.45) is 0 Å². The van der Waals surface area contributed by atoms with Gasteiger partial charge in [-0.25, -0.2) is 4.79 Å². The summed E-state index contributed by atoms with van der Waals surface area (Å²) in [7, 11) is 1.37. The molecule has 27 heavy (non-hydrogen) atoms. The van der Waals surface area contributed by atoms with Crippen LogP contribution >= 0.6 is 0 Å². The highest BCUT2D eigenvalue weighted by molar-refractivity contribution is 5.89. The third-order valence-corrected chi connectivity index (χ3v) is 3.75. The van der Waals surface area contributed by atoms with E-state index < -0.39 is 0 Å². The molecule has 0 radical (unpaired) electrons. The van der Waals surface area contributed by atoms with Crippen molar-refractivity contribution in [3.8, 4) is 17.6 Å². The van der Waals surface area contributed by atoms with Crippen LogP contribution in [0.1, 0.15) is 61.5 Å². The zero-order chi connectivity index (χ0) is 19.9. The maximum atomic E-state index is 11.5. The smallest absolute Gasteiger partial charge is 0.337 e. The number of hydrogen-bond acceptors (Lipinski definition) is 3. The van der Waals surface area contributed by atoms with Crippen LogP contribution in [0.5, 0.6) is 5.75 Å². The molecule has 0 heterocycles. The molecule has 0 N–H and O–H groups in total. The van der Waals surface area contributed by atoms with Gasteiger partial charge in [-0.05, 0) is 48.7 Å². The number of rotatable bonds is 7. The maximum absolute atomic E-state index is 11.5. The van der Waals surface area contributed by atoms with E-state index in [2.05, 4.69) is 30.9 Å². The second-order valence-electron chi connectivity index (χ2n) is 5.72. The number of aryl methyl sites for hydroxylation is 1. The van der Waals surface area contributed by atoms with Crippen LogP contribution in [0.4, 0.5) is 0 Å². The summed E-state index contributed by atoms with van der Waals surface area (Å²) in [5.41, 5.74) is 2.65. The highest BCUT2D eigenvalue weighted by Crippen LogP contribution is 2.14. The molecule has 0 aliphatic rings. The Bertz CT molecular complexity index is 736. The molecule has 144 valence electrons. The molecule has 0 aromatic heterocycles. The van der Waals surface area contributed by atoms with E-state index in [0.29, 0.717) is 18.6 Å². The fourth-order valence-electron chi connectivity index (χ4n) is 2.36. The first-order valence-corrected chi connectivity index (χ1v) is 9.62. The van der Waals surface area contributed by atoms with Gasteiger partial charge in [-0.3, -0.25) is 0 Å². The summed E-state index contributed by atoms with van der Waals surface area (Å²) in [6, 6.07) is 15.4. The average Bonchev–Trinajstić information content (AvgIpc) is 2.74. The van der Waals surface area contributed by atoms with E-state index in [9.17, 15) is 4.79 Å². The van der Waals surface area contributed by atoms with Gasteiger partial charge in [0.05, 0.1) is 19.3 Å². The average molecular weight is 367 g/mol. The highest BCUT2D eigenvalue weighted by atomic mass is 16.5. The Balaban J connectivity index is 0.00000176. The van der Waals surface area contributed by atoms with Gasteiger partial charge in [0.1, 0.15) is 5.75 Å². The number of ether oxygens (including phenoxy) is 2. The first kappa shape index (κ1) is 22.3. The summed E-state index contributed by atoms with van der Waals surface area (Å²) >= 11 is 0. The van der Waals surface area contributed by atoms with E-state index >= 15 is 0 Å². The largest absolute Gasteiger partial charge is 0.493 e. The Labute approximate surface area is 163 Å². The zero-order valence-corrected chi connectivity index (χ0v) is 16.9. The Morgan fingerprint density at radius 1 is 1.07 bits per heavy atom. The van der Waals surface area contributed by atoms with Crippen molar-refractivity contribution < 1.29 is 14.3 Å². The number of carbonyl (C=O) groups excluding carboxylic acids is 1. The Kier molecular flexibility index (Phi) is 11.1. The SMILES string of the molecule is CC.CCCCc1ccc(OCCC#Cc2cccc(C(=O)OC)c2)cc1. The van der Waals surface area contributed by atoms with Crippen molar-refractivity contribution in [1.29, 1.82) is 0 Å². The van der Waals surface area contributed by atoms with Crippen molar-refractivity contribution in [2.45, 2.75) is 46.5 Å². The van der Waals surface area contributed by atoms with Crippen molar-refractivity contribution >= 4 is 5.97 Å². The Morgan fingerprint density at radius 2 is 1.81 bits per heavy atom. The van der Waals surface area contributed by atoms with Crippen LogP contribution in [0.3, 0.4) is 0 Å². The van der Waals surface area contributed by atoms with Crippen molar-refractivity contribution in [3.05, 3.63) is 65.2 Å². The Hall–Kier alpha value is -2.73. The fraction of sp³-hybridized carbons (Fsp3) is 0.375. The quantitative estimate of drug-likeness (QED) is 0.360. The van der Waals surface area contributed by atoms with E-state index in [1.165, 1.54) is 25.5 Å². The summed E-state index contributed by atoms with van der Waals surface area (Å²) in [5, 5.41) is 0. The molecular weight excluding hydrogens is 336 g/mol. The van der Waals surface area contributed by atoms with Gasteiger partial charge < -0.3 is 9.47 Å². The zero-order valence-electron chi connectivity index (χ0n) is 16.9. The van der Waals surface area contributed by atoms with Gasteiger partial charge in [-0.1, -0.05) is 57.2 Å². The number of benzene rings is 2. The second-order valence-corrected chi connectivity index (χ2v) is 5.72. The first-order chi connectivity index (χ1) is 13.2. The number of methoxy groups -OCH3 is 1. The predicted octanol–water partition coefficient (Wildman–Crippen LogP) is 5.66. The molecule has 0 aliphatic heterocycles.